The minimum Gasteiger partial charge on any atom is -0.257 e. The summed E-state index contributed by atoms with van der Waals surface area (Å²) in [5.74, 6) is 0. The number of benzene rings is 1. The summed E-state index contributed by atoms with van der Waals surface area (Å²) < 4.78 is 1.08. The largest absolute Gasteiger partial charge is 0.257 e. The van der Waals surface area contributed by atoms with Gasteiger partial charge in [0.15, 0.2) is 0 Å². The third-order valence-corrected chi connectivity index (χ3v) is 3.31. The monoisotopic (exact) mass is 271 g/mol. The van der Waals surface area contributed by atoms with Crippen molar-refractivity contribution >= 4 is 27.6 Å². The van der Waals surface area contributed by atoms with Gasteiger partial charge >= 0.3 is 0 Å². The zero-order valence-electron chi connectivity index (χ0n) is 8.65. The van der Waals surface area contributed by atoms with E-state index in [0.29, 0.717) is 0 Å². The number of hydrogen-bond acceptors (Lipinski definition) is 1. The van der Waals surface area contributed by atoms with Crippen LogP contribution in [0.1, 0.15) is 16.8 Å². The second kappa shape index (κ2) is 3.87. The van der Waals surface area contributed by atoms with E-state index in [4.69, 9.17) is 0 Å². The Bertz CT molecular complexity index is 572. The van der Waals surface area contributed by atoms with Gasteiger partial charge in [-0.2, -0.15) is 0 Å². The van der Waals surface area contributed by atoms with Crippen LogP contribution < -0.4 is 0 Å². The summed E-state index contributed by atoms with van der Waals surface area (Å²) in [6.07, 6.45) is 5.05. The predicted molar refractivity (Wildman–Crippen MR) is 70.0 cm³/mol. The molecule has 1 aliphatic rings. The minimum atomic E-state index is 0.986. The third kappa shape index (κ3) is 1.69. The van der Waals surface area contributed by atoms with E-state index in [1.165, 1.54) is 16.7 Å². The van der Waals surface area contributed by atoms with Gasteiger partial charge in [0.05, 0.1) is 5.69 Å². The van der Waals surface area contributed by atoms with E-state index in [9.17, 15) is 0 Å². The van der Waals surface area contributed by atoms with Crippen LogP contribution in [0.15, 0.2) is 47.1 Å². The molecule has 2 aromatic rings. The average Bonchev–Trinajstić information content (AvgIpc) is 2.72. The molecule has 0 aliphatic heterocycles. The molecule has 2 heteroatoms. The summed E-state index contributed by atoms with van der Waals surface area (Å²) in [6, 6.07) is 12.5. The topological polar surface area (TPSA) is 12.9 Å². The zero-order valence-corrected chi connectivity index (χ0v) is 10.2. The van der Waals surface area contributed by atoms with Gasteiger partial charge in [-0.05, 0) is 34.9 Å². The van der Waals surface area contributed by atoms with E-state index in [1.807, 2.05) is 12.3 Å². The molecule has 1 aromatic carbocycles. The van der Waals surface area contributed by atoms with Crippen molar-refractivity contribution in [3.8, 4) is 0 Å². The highest BCUT2D eigenvalue weighted by molar-refractivity contribution is 9.10. The summed E-state index contributed by atoms with van der Waals surface area (Å²) >= 11 is 3.48. The van der Waals surface area contributed by atoms with Crippen molar-refractivity contribution < 1.29 is 0 Å². The van der Waals surface area contributed by atoms with Crippen molar-refractivity contribution in [1.82, 2.24) is 4.98 Å². The molecule has 0 saturated carbocycles. The summed E-state index contributed by atoms with van der Waals surface area (Å²) in [4.78, 5) is 4.41. The lowest BCUT2D eigenvalue weighted by Crippen LogP contribution is -1.88. The van der Waals surface area contributed by atoms with Crippen molar-refractivity contribution in [1.29, 1.82) is 0 Å². The Morgan fingerprint density at radius 2 is 2.00 bits per heavy atom. The highest BCUT2D eigenvalue weighted by Gasteiger charge is 2.14. The molecule has 1 aromatic heterocycles. The molecule has 78 valence electrons. The Kier molecular flexibility index (Phi) is 2.37. The molecule has 3 rings (SSSR count). The SMILES string of the molecule is Brc1ccnc(C2=Cc3ccccc3C2)c1. The first-order chi connectivity index (χ1) is 7.83. The van der Waals surface area contributed by atoms with Crippen molar-refractivity contribution in [2.75, 3.05) is 0 Å². The smallest absolute Gasteiger partial charge is 0.0676 e. The molecule has 1 heterocycles. The normalized spacial score (nSPS) is 13.4. The highest BCUT2D eigenvalue weighted by Crippen LogP contribution is 2.30. The molecule has 0 amide bonds. The summed E-state index contributed by atoms with van der Waals surface area (Å²) in [6.45, 7) is 0. The van der Waals surface area contributed by atoms with Gasteiger partial charge in [-0.25, -0.2) is 0 Å². The average molecular weight is 272 g/mol. The quantitative estimate of drug-likeness (QED) is 0.766. The zero-order chi connectivity index (χ0) is 11.0. The van der Waals surface area contributed by atoms with Gasteiger partial charge in [0.1, 0.15) is 0 Å². The second-order valence-electron chi connectivity index (χ2n) is 3.90. The Balaban J connectivity index is 2.02. The van der Waals surface area contributed by atoms with Crippen molar-refractivity contribution in [3.63, 3.8) is 0 Å². The Hall–Kier alpha value is -1.41. The van der Waals surface area contributed by atoms with E-state index in [0.717, 1.165) is 16.6 Å². The van der Waals surface area contributed by atoms with Gasteiger partial charge in [0.25, 0.3) is 0 Å². The molecule has 0 fully saturated rings. The fourth-order valence-electron chi connectivity index (χ4n) is 2.02. The molecular formula is C14H10BrN. The van der Waals surface area contributed by atoms with Crippen LogP contribution in [0, 0.1) is 0 Å². The maximum atomic E-state index is 4.41. The molecule has 16 heavy (non-hydrogen) atoms. The van der Waals surface area contributed by atoms with Gasteiger partial charge in [-0.15, -0.1) is 0 Å². The maximum absolute atomic E-state index is 4.41. The molecular weight excluding hydrogens is 262 g/mol. The number of rotatable bonds is 1. The molecule has 0 unspecified atom stereocenters. The number of halogens is 1. The Labute approximate surface area is 103 Å². The van der Waals surface area contributed by atoms with Crippen LogP contribution in [0.25, 0.3) is 11.6 Å². The fourth-order valence-corrected chi connectivity index (χ4v) is 2.36. The number of pyridine rings is 1. The molecule has 1 nitrogen and oxygen atoms in total. The summed E-state index contributed by atoms with van der Waals surface area (Å²) in [5, 5.41) is 0. The number of fused-ring (bicyclic) bond motifs is 1. The fraction of sp³-hybridized carbons (Fsp3) is 0.0714. The second-order valence-corrected chi connectivity index (χ2v) is 4.82. The first-order valence-corrected chi connectivity index (χ1v) is 6.02. The van der Waals surface area contributed by atoms with E-state index in [1.54, 1.807) is 0 Å². The lowest BCUT2D eigenvalue weighted by molar-refractivity contribution is 1.22. The summed E-state index contributed by atoms with van der Waals surface area (Å²) in [5.41, 5.74) is 5.06. The maximum Gasteiger partial charge on any atom is 0.0676 e. The number of allylic oxidation sites excluding steroid dienone is 1. The van der Waals surface area contributed by atoms with Crippen molar-refractivity contribution in [3.05, 3.63) is 63.9 Å². The Morgan fingerprint density at radius 1 is 1.12 bits per heavy atom. The van der Waals surface area contributed by atoms with Crippen LogP contribution in [0.5, 0.6) is 0 Å². The number of hydrogen-bond donors (Lipinski definition) is 0. The van der Waals surface area contributed by atoms with Gasteiger partial charge in [0.2, 0.25) is 0 Å². The van der Waals surface area contributed by atoms with Gasteiger partial charge in [-0.1, -0.05) is 40.2 Å². The first kappa shape index (κ1) is 9.79. The van der Waals surface area contributed by atoms with E-state index >= 15 is 0 Å². The lowest BCUT2D eigenvalue weighted by Gasteiger charge is -2.01. The molecule has 1 aliphatic carbocycles. The first-order valence-electron chi connectivity index (χ1n) is 5.23. The van der Waals surface area contributed by atoms with E-state index < -0.39 is 0 Å². The van der Waals surface area contributed by atoms with E-state index in [2.05, 4.69) is 57.3 Å². The van der Waals surface area contributed by atoms with Crippen LogP contribution in [-0.4, -0.2) is 4.98 Å². The summed E-state index contributed by atoms with van der Waals surface area (Å²) in [7, 11) is 0. The molecule has 0 radical (unpaired) electrons. The Morgan fingerprint density at radius 3 is 2.81 bits per heavy atom. The minimum absolute atomic E-state index is 0.986. The molecule has 0 atom stereocenters. The molecule has 0 saturated heterocycles. The van der Waals surface area contributed by atoms with Crippen LogP contribution in [0.3, 0.4) is 0 Å². The van der Waals surface area contributed by atoms with Gasteiger partial charge < -0.3 is 0 Å². The van der Waals surface area contributed by atoms with Crippen molar-refractivity contribution in [2.45, 2.75) is 6.42 Å². The number of nitrogens with zero attached hydrogens (tertiary/aromatic N) is 1. The van der Waals surface area contributed by atoms with Crippen LogP contribution in [0.2, 0.25) is 0 Å². The van der Waals surface area contributed by atoms with Crippen LogP contribution in [-0.2, 0) is 6.42 Å². The molecule has 0 spiro atoms. The highest BCUT2D eigenvalue weighted by atomic mass is 79.9. The number of aromatic nitrogens is 1. The molecule has 0 bridgehead atoms. The van der Waals surface area contributed by atoms with Gasteiger partial charge in [-0.3, -0.25) is 4.98 Å². The van der Waals surface area contributed by atoms with Crippen LogP contribution >= 0.6 is 15.9 Å². The standard InChI is InChI=1S/C14H10BrN/c15-13-5-6-16-14(9-13)12-7-10-3-1-2-4-11(10)8-12/h1-7,9H,8H2. The third-order valence-electron chi connectivity index (χ3n) is 2.82. The lowest BCUT2D eigenvalue weighted by atomic mass is 10.1. The van der Waals surface area contributed by atoms with Crippen molar-refractivity contribution in [2.24, 2.45) is 0 Å². The van der Waals surface area contributed by atoms with E-state index in [-0.39, 0.29) is 0 Å². The predicted octanol–water partition coefficient (Wildman–Crippen LogP) is 3.94. The van der Waals surface area contributed by atoms with Crippen LogP contribution in [0.4, 0.5) is 0 Å². The molecule has 0 N–H and O–H groups in total. The van der Waals surface area contributed by atoms with Gasteiger partial charge in [0, 0.05) is 17.1 Å².